The van der Waals surface area contributed by atoms with Crippen molar-refractivity contribution in [1.29, 1.82) is 0 Å². The first-order valence-electron chi connectivity index (χ1n) is 8.23. The van der Waals surface area contributed by atoms with E-state index in [9.17, 15) is 4.79 Å². The van der Waals surface area contributed by atoms with E-state index >= 15 is 0 Å². The molecule has 1 atom stereocenters. The second kappa shape index (κ2) is 8.56. The van der Waals surface area contributed by atoms with Gasteiger partial charge in [-0.25, -0.2) is 0 Å². The average molecular weight is 380 g/mol. The Morgan fingerprint density at radius 1 is 1.20 bits per heavy atom. The van der Waals surface area contributed by atoms with Gasteiger partial charge in [0.05, 0.1) is 22.4 Å². The Bertz CT molecular complexity index is 745. The summed E-state index contributed by atoms with van der Waals surface area (Å²) in [5.74, 6) is 0.264. The third kappa shape index (κ3) is 4.88. The number of amides is 1. The van der Waals surface area contributed by atoms with Gasteiger partial charge < -0.3 is 14.8 Å². The smallest absolute Gasteiger partial charge is 0.257 e. The quantitative estimate of drug-likeness (QED) is 0.776. The molecule has 1 unspecified atom stereocenters. The van der Waals surface area contributed by atoms with Crippen LogP contribution < -0.4 is 10.1 Å². The molecule has 0 bridgehead atoms. The molecule has 25 heavy (non-hydrogen) atoms. The number of halogens is 2. The van der Waals surface area contributed by atoms with Gasteiger partial charge in [-0.3, -0.25) is 4.79 Å². The Morgan fingerprint density at radius 3 is 2.84 bits per heavy atom. The first-order valence-corrected chi connectivity index (χ1v) is 8.99. The van der Waals surface area contributed by atoms with Gasteiger partial charge in [0.1, 0.15) is 12.4 Å². The van der Waals surface area contributed by atoms with Gasteiger partial charge in [0.15, 0.2) is 0 Å². The van der Waals surface area contributed by atoms with Crippen LogP contribution in [0, 0.1) is 0 Å². The summed E-state index contributed by atoms with van der Waals surface area (Å²) in [6.45, 7) is 1.24. The predicted octanol–water partition coefficient (Wildman–Crippen LogP) is 5.19. The van der Waals surface area contributed by atoms with Gasteiger partial charge in [-0.1, -0.05) is 35.3 Å². The molecule has 2 aromatic carbocycles. The molecule has 0 aliphatic carbocycles. The fourth-order valence-corrected chi connectivity index (χ4v) is 3.05. The number of ether oxygens (including phenoxy) is 2. The van der Waals surface area contributed by atoms with Gasteiger partial charge in [0.25, 0.3) is 5.91 Å². The van der Waals surface area contributed by atoms with Crippen molar-refractivity contribution >= 4 is 34.8 Å². The standard InChI is InChI=1S/C19H19Cl2NO3/c20-13-8-9-16(21)15(11-13)19(23)22-17-6-1-2-7-18(17)25-12-14-5-3-4-10-24-14/h1-2,6-9,11,14H,3-5,10,12H2,(H,22,23). The third-order valence-corrected chi connectivity index (χ3v) is 4.57. The molecular formula is C19H19Cl2NO3. The Kier molecular flexibility index (Phi) is 6.19. The number of rotatable bonds is 5. The van der Waals surface area contributed by atoms with Crippen molar-refractivity contribution in [2.45, 2.75) is 25.4 Å². The molecule has 1 saturated heterocycles. The predicted molar refractivity (Wildman–Crippen MR) is 99.9 cm³/mol. The van der Waals surface area contributed by atoms with Crippen molar-refractivity contribution < 1.29 is 14.3 Å². The van der Waals surface area contributed by atoms with E-state index in [0.717, 1.165) is 25.9 Å². The highest BCUT2D eigenvalue weighted by atomic mass is 35.5. The fourth-order valence-electron chi connectivity index (χ4n) is 2.68. The molecule has 6 heteroatoms. The van der Waals surface area contributed by atoms with Crippen LogP contribution in [0.15, 0.2) is 42.5 Å². The highest BCUT2D eigenvalue weighted by Crippen LogP contribution is 2.27. The second-order valence-electron chi connectivity index (χ2n) is 5.87. The summed E-state index contributed by atoms with van der Waals surface area (Å²) < 4.78 is 11.5. The summed E-state index contributed by atoms with van der Waals surface area (Å²) in [5.41, 5.74) is 0.902. The lowest BCUT2D eigenvalue weighted by atomic mass is 10.1. The van der Waals surface area contributed by atoms with Gasteiger partial charge >= 0.3 is 0 Å². The molecule has 1 aliphatic heterocycles. The summed E-state index contributed by atoms with van der Waals surface area (Å²) >= 11 is 12.0. The SMILES string of the molecule is O=C(Nc1ccccc1OCC1CCCCO1)c1cc(Cl)ccc1Cl. The summed E-state index contributed by atoms with van der Waals surface area (Å²) in [6.07, 6.45) is 3.34. The highest BCUT2D eigenvalue weighted by molar-refractivity contribution is 6.36. The van der Waals surface area contributed by atoms with Crippen LogP contribution in [0.5, 0.6) is 5.75 Å². The van der Waals surface area contributed by atoms with Crippen LogP contribution in [0.2, 0.25) is 10.0 Å². The van der Waals surface area contributed by atoms with Gasteiger partial charge in [0.2, 0.25) is 0 Å². The number of nitrogens with one attached hydrogen (secondary N) is 1. The number of benzene rings is 2. The minimum atomic E-state index is -0.336. The number of para-hydroxylation sites is 2. The normalized spacial score (nSPS) is 17.1. The van der Waals surface area contributed by atoms with Crippen LogP contribution in [-0.4, -0.2) is 25.2 Å². The molecule has 1 N–H and O–H groups in total. The van der Waals surface area contributed by atoms with Gasteiger partial charge in [-0.05, 0) is 49.6 Å². The lowest BCUT2D eigenvalue weighted by molar-refractivity contribution is -0.0109. The van der Waals surface area contributed by atoms with Crippen molar-refractivity contribution in [1.82, 2.24) is 0 Å². The molecule has 0 saturated carbocycles. The van der Waals surface area contributed by atoms with E-state index < -0.39 is 0 Å². The van der Waals surface area contributed by atoms with Gasteiger partial charge in [-0.15, -0.1) is 0 Å². The highest BCUT2D eigenvalue weighted by Gasteiger charge is 2.17. The first-order chi connectivity index (χ1) is 12.1. The van der Waals surface area contributed by atoms with Crippen LogP contribution in [0.3, 0.4) is 0 Å². The first kappa shape index (κ1) is 18.1. The molecule has 4 nitrogen and oxygen atoms in total. The number of hydrogen-bond donors (Lipinski definition) is 1. The maximum absolute atomic E-state index is 12.5. The molecule has 1 fully saturated rings. The van der Waals surface area contributed by atoms with Crippen molar-refractivity contribution in [2.24, 2.45) is 0 Å². The summed E-state index contributed by atoms with van der Waals surface area (Å²) in [5, 5.41) is 3.63. The molecule has 1 heterocycles. The minimum absolute atomic E-state index is 0.0971. The zero-order valence-corrected chi connectivity index (χ0v) is 15.1. The van der Waals surface area contributed by atoms with Crippen LogP contribution in [0.1, 0.15) is 29.6 Å². The average Bonchev–Trinajstić information content (AvgIpc) is 2.64. The van der Waals surface area contributed by atoms with E-state index in [-0.39, 0.29) is 12.0 Å². The molecule has 132 valence electrons. The maximum Gasteiger partial charge on any atom is 0.257 e. The van der Waals surface area contributed by atoms with Crippen molar-refractivity contribution in [2.75, 3.05) is 18.5 Å². The van der Waals surface area contributed by atoms with Crippen LogP contribution in [-0.2, 0) is 4.74 Å². The monoisotopic (exact) mass is 379 g/mol. The van der Waals surface area contributed by atoms with Crippen LogP contribution in [0.4, 0.5) is 5.69 Å². The Morgan fingerprint density at radius 2 is 2.04 bits per heavy atom. The molecule has 0 aromatic heterocycles. The number of carbonyl (C=O) groups is 1. The van der Waals surface area contributed by atoms with E-state index in [1.807, 2.05) is 18.2 Å². The lowest BCUT2D eigenvalue weighted by Gasteiger charge is -2.23. The van der Waals surface area contributed by atoms with E-state index in [4.69, 9.17) is 32.7 Å². The Labute approximate surface area is 157 Å². The van der Waals surface area contributed by atoms with E-state index in [1.54, 1.807) is 24.3 Å². The van der Waals surface area contributed by atoms with E-state index in [0.29, 0.717) is 33.7 Å². The van der Waals surface area contributed by atoms with Gasteiger partial charge in [0, 0.05) is 11.6 Å². The lowest BCUT2D eigenvalue weighted by Crippen LogP contribution is -2.26. The minimum Gasteiger partial charge on any atom is -0.489 e. The molecular weight excluding hydrogens is 361 g/mol. The zero-order valence-electron chi connectivity index (χ0n) is 13.6. The number of carbonyl (C=O) groups excluding carboxylic acids is 1. The molecule has 1 amide bonds. The summed E-state index contributed by atoms with van der Waals surface area (Å²) in [4.78, 5) is 12.5. The molecule has 0 radical (unpaired) electrons. The second-order valence-corrected chi connectivity index (χ2v) is 6.72. The molecule has 0 spiro atoms. The van der Waals surface area contributed by atoms with Gasteiger partial charge in [-0.2, -0.15) is 0 Å². The van der Waals surface area contributed by atoms with Crippen LogP contribution in [0.25, 0.3) is 0 Å². The third-order valence-electron chi connectivity index (χ3n) is 4.01. The molecule has 1 aliphatic rings. The largest absolute Gasteiger partial charge is 0.489 e. The Balaban J connectivity index is 1.69. The topological polar surface area (TPSA) is 47.6 Å². The summed E-state index contributed by atoms with van der Waals surface area (Å²) in [6, 6.07) is 12.1. The number of hydrogen-bond acceptors (Lipinski definition) is 3. The Hall–Kier alpha value is -1.75. The van der Waals surface area contributed by atoms with E-state index in [2.05, 4.69) is 5.32 Å². The molecule has 3 rings (SSSR count). The van der Waals surface area contributed by atoms with Crippen molar-refractivity contribution in [3.05, 3.63) is 58.1 Å². The van der Waals surface area contributed by atoms with E-state index in [1.165, 1.54) is 0 Å². The van der Waals surface area contributed by atoms with Crippen LogP contribution >= 0.6 is 23.2 Å². The molecule has 2 aromatic rings. The number of anilines is 1. The summed E-state index contributed by atoms with van der Waals surface area (Å²) in [7, 11) is 0. The zero-order chi connectivity index (χ0) is 17.6. The maximum atomic E-state index is 12.5. The fraction of sp³-hybridized carbons (Fsp3) is 0.316. The van der Waals surface area contributed by atoms with Crippen molar-refractivity contribution in [3.63, 3.8) is 0 Å². The van der Waals surface area contributed by atoms with Crippen molar-refractivity contribution in [3.8, 4) is 5.75 Å².